The molecule has 7 heteroatoms. The number of nitrogen functional groups attached to an aromatic ring is 1. The second-order valence-corrected chi connectivity index (χ2v) is 5.11. The van der Waals surface area contributed by atoms with Gasteiger partial charge in [-0.25, -0.2) is 20.2 Å². The lowest BCUT2D eigenvalue weighted by Gasteiger charge is -2.09. The number of phenolic OH excluding ortho intramolecular Hbond substituents is 1. The van der Waals surface area contributed by atoms with Crippen LogP contribution < -0.4 is 11.3 Å². The van der Waals surface area contributed by atoms with Gasteiger partial charge in [-0.3, -0.25) is 0 Å². The van der Waals surface area contributed by atoms with Crippen LogP contribution in [0, 0.1) is 5.82 Å². The molecule has 3 rings (SSSR count). The van der Waals surface area contributed by atoms with E-state index in [0.29, 0.717) is 17.2 Å². The maximum Gasteiger partial charge on any atom is 0.165 e. The van der Waals surface area contributed by atoms with Crippen LogP contribution in [-0.4, -0.2) is 15.1 Å². The van der Waals surface area contributed by atoms with Gasteiger partial charge in [0.05, 0.1) is 5.69 Å². The summed E-state index contributed by atoms with van der Waals surface area (Å²) in [7, 11) is 0. The van der Waals surface area contributed by atoms with E-state index < -0.39 is 11.6 Å². The van der Waals surface area contributed by atoms with Crippen LogP contribution in [0.25, 0.3) is 11.4 Å². The first-order chi connectivity index (χ1) is 9.19. The summed E-state index contributed by atoms with van der Waals surface area (Å²) in [5, 5.41) is 9.19. The van der Waals surface area contributed by atoms with Gasteiger partial charge >= 0.3 is 0 Å². The molecular weight excluding hydrogens is 267 g/mol. The Morgan fingerprint density at radius 1 is 1.32 bits per heavy atom. The zero-order valence-corrected chi connectivity index (χ0v) is 10.7. The highest BCUT2D eigenvalue weighted by atomic mass is 32.2. The largest absolute Gasteiger partial charge is 0.505 e. The lowest BCUT2D eigenvalue weighted by Crippen LogP contribution is -2.12. The number of aromatic hydroxyl groups is 1. The Morgan fingerprint density at radius 3 is 2.89 bits per heavy atom. The number of nitrogens with two attached hydrogens (primary N) is 1. The molecule has 2 heterocycles. The lowest BCUT2D eigenvalue weighted by molar-refractivity contribution is 0.432. The molecule has 1 aliphatic heterocycles. The third kappa shape index (κ3) is 2.11. The minimum atomic E-state index is -0.696. The summed E-state index contributed by atoms with van der Waals surface area (Å²) in [6.45, 7) is 0. The highest BCUT2D eigenvalue weighted by molar-refractivity contribution is 7.98. The average Bonchev–Trinajstić information content (AvgIpc) is 2.89. The molecule has 1 aromatic carbocycles. The Labute approximate surface area is 113 Å². The number of fused-ring (bicyclic) bond motifs is 1. The molecule has 0 atom stereocenters. The first kappa shape index (κ1) is 12.2. The number of hydrogen-bond donors (Lipinski definition) is 3. The number of hydrazine groups is 1. The first-order valence-corrected chi connectivity index (χ1v) is 6.77. The Kier molecular flexibility index (Phi) is 3.00. The predicted molar refractivity (Wildman–Crippen MR) is 71.9 cm³/mol. The van der Waals surface area contributed by atoms with Crippen molar-refractivity contribution in [2.75, 3.05) is 5.43 Å². The van der Waals surface area contributed by atoms with Crippen LogP contribution in [0.15, 0.2) is 18.2 Å². The number of benzene rings is 1. The Morgan fingerprint density at radius 2 is 2.16 bits per heavy atom. The van der Waals surface area contributed by atoms with Crippen molar-refractivity contribution >= 4 is 17.6 Å². The van der Waals surface area contributed by atoms with Crippen molar-refractivity contribution in [2.24, 2.45) is 5.84 Å². The molecule has 0 fully saturated rings. The summed E-state index contributed by atoms with van der Waals surface area (Å²) in [5.74, 6) is 6.95. The summed E-state index contributed by atoms with van der Waals surface area (Å²) >= 11 is 1.73. The average molecular weight is 278 g/mol. The molecule has 2 aromatic rings. The third-order valence-electron chi connectivity index (χ3n) is 2.92. The van der Waals surface area contributed by atoms with Crippen LogP contribution in [0.3, 0.4) is 0 Å². The molecule has 0 unspecified atom stereocenters. The zero-order chi connectivity index (χ0) is 13.4. The number of phenols is 1. The SMILES string of the molecule is NNc1nc(-c2ccc(O)c(F)c2)nc2c1CSC2. The number of thioether (sulfide) groups is 1. The van der Waals surface area contributed by atoms with Gasteiger partial charge in [0.2, 0.25) is 0 Å². The topological polar surface area (TPSA) is 84.1 Å². The van der Waals surface area contributed by atoms with Gasteiger partial charge in [-0.2, -0.15) is 11.8 Å². The summed E-state index contributed by atoms with van der Waals surface area (Å²) < 4.78 is 13.4. The van der Waals surface area contributed by atoms with Gasteiger partial charge < -0.3 is 10.5 Å². The number of nitrogens with one attached hydrogen (secondary N) is 1. The summed E-state index contributed by atoms with van der Waals surface area (Å²) in [5.41, 5.74) is 4.97. The number of halogens is 1. The fourth-order valence-electron chi connectivity index (χ4n) is 1.95. The van der Waals surface area contributed by atoms with Gasteiger partial charge in [0, 0.05) is 22.6 Å². The van der Waals surface area contributed by atoms with Gasteiger partial charge in [0.25, 0.3) is 0 Å². The maximum absolute atomic E-state index is 13.4. The summed E-state index contributed by atoms with van der Waals surface area (Å²) in [4.78, 5) is 8.72. The van der Waals surface area contributed by atoms with Crippen molar-refractivity contribution in [2.45, 2.75) is 11.5 Å². The molecule has 0 radical (unpaired) electrons. The van der Waals surface area contributed by atoms with Gasteiger partial charge in [0.1, 0.15) is 5.82 Å². The number of anilines is 1. The fraction of sp³-hybridized carbons (Fsp3) is 0.167. The van der Waals surface area contributed by atoms with Gasteiger partial charge in [-0.05, 0) is 18.2 Å². The van der Waals surface area contributed by atoms with Gasteiger partial charge in [0.15, 0.2) is 17.4 Å². The molecule has 19 heavy (non-hydrogen) atoms. The number of rotatable bonds is 2. The molecule has 0 amide bonds. The van der Waals surface area contributed by atoms with E-state index in [0.717, 1.165) is 22.8 Å². The minimum absolute atomic E-state index is 0.391. The van der Waals surface area contributed by atoms with E-state index >= 15 is 0 Å². The van der Waals surface area contributed by atoms with E-state index in [-0.39, 0.29) is 0 Å². The van der Waals surface area contributed by atoms with Crippen molar-refractivity contribution in [1.29, 1.82) is 0 Å². The number of aromatic nitrogens is 2. The zero-order valence-electron chi connectivity index (χ0n) is 9.85. The van der Waals surface area contributed by atoms with Gasteiger partial charge in [-0.15, -0.1) is 0 Å². The van der Waals surface area contributed by atoms with Crippen LogP contribution in [0.5, 0.6) is 5.75 Å². The highest BCUT2D eigenvalue weighted by Crippen LogP contribution is 2.34. The Balaban J connectivity index is 2.12. The highest BCUT2D eigenvalue weighted by Gasteiger charge is 2.20. The van der Waals surface area contributed by atoms with Crippen LogP contribution in [0.1, 0.15) is 11.3 Å². The van der Waals surface area contributed by atoms with Gasteiger partial charge in [-0.1, -0.05) is 0 Å². The van der Waals surface area contributed by atoms with Crippen LogP contribution in [0.2, 0.25) is 0 Å². The molecule has 1 aromatic heterocycles. The second-order valence-electron chi connectivity index (χ2n) is 4.12. The molecule has 0 saturated carbocycles. The Hall–Kier alpha value is -1.86. The molecule has 4 N–H and O–H groups in total. The van der Waals surface area contributed by atoms with Crippen LogP contribution in [-0.2, 0) is 11.5 Å². The Bertz CT molecular complexity index is 650. The van der Waals surface area contributed by atoms with Crippen molar-refractivity contribution in [3.8, 4) is 17.1 Å². The standard InChI is InChI=1S/C12H11FN4OS/c13-8-3-6(1-2-10(8)18)11-15-9-5-19-4-7(9)12(16-11)17-14/h1-3,18H,4-5,14H2,(H,15,16,17). The summed E-state index contributed by atoms with van der Waals surface area (Å²) in [6.07, 6.45) is 0. The van der Waals surface area contributed by atoms with E-state index in [1.807, 2.05) is 0 Å². The number of hydrogen-bond acceptors (Lipinski definition) is 6. The van der Waals surface area contributed by atoms with E-state index in [4.69, 9.17) is 5.84 Å². The van der Waals surface area contributed by atoms with Crippen molar-refractivity contribution < 1.29 is 9.50 Å². The van der Waals surface area contributed by atoms with Crippen LogP contribution in [0.4, 0.5) is 10.2 Å². The molecule has 0 saturated heterocycles. The minimum Gasteiger partial charge on any atom is -0.505 e. The first-order valence-electron chi connectivity index (χ1n) is 5.62. The van der Waals surface area contributed by atoms with Crippen LogP contribution >= 0.6 is 11.8 Å². The fourth-order valence-corrected chi connectivity index (χ4v) is 2.99. The normalized spacial score (nSPS) is 13.4. The van der Waals surface area contributed by atoms with Crippen molar-refractivity contribution in [3.63, 3.8) is 0 Å². The monoisotopic (exact) mass is 278 g/mol. The van der Waals surface area contributed by atoms with E-state index in [1.54, 1.807) is 17.8 Å². The second kappa shape index (κ2) is 4.67. The lowest BCUT2D eigenvalue weighted by atomic mass is 10.1. The maximum atomic E-state index is 13.4. The quantitative estimate of drug-likeness (QED) is 0.576. The van der Waals surface area contributed by atoms with E-state index in [2.05, 4.69) is 15.4 Å². The molecule has 1 aliphatic rings. The molecule has 0 bridgehead atoms. The van der Waals surface area contributed by atoms with Crippen molar-refractivity contribution in [3.05, 3.63) is 35.3 Å². The molecule has 98 valence electrons. The third-order valence-corrected chi connectivity index (χ3v) is 3.89. The van der Waals surface area contributed by atoms with Crippen molar-refractivity contribution in [1.82, 2.24) is 9.97 Å². The smallest absolute Gasteiger partial charge is 0.165 e. The number of nitrogens with zero attached hydrogens (tertiary/aromatic N) is 2. The molecule has 5 nitrogen and oxygen atoms in total. The molecular formula is C12H11FN4OS. The molecule has 0 aliphatic carbocycles. The van der Waals surface area contributed by atoms with E-state index in [1.165, 1.54) is 12.1 Å². The molecule has 0 spiro atoms. The predicted octanol–water partition coefficient (Wildman–Crippen LogP) is 2.02. The summed E-state index contributed by atoms with van der Waals surface area (Å²) in [6, 6.07) is 4.06. The van der Waals surface area contributed by atoms with E-state index in [9.17, 15) is 9.50 Å².